The van der Waals surface area contributed by atoms with Crippen LogP contribution in [0.2, 0.25) is 0 Å². The lowest BCUT2D eigenvalue weighted by molar-refractivity contribution is -0.139. The number of hydrogen-bond donors (Lipinski definition) is 0. The van der Waals surface area contributed by atoms with Crippen molar-refractivity contribution in [2.75, 3.05) is 7.11 Å². The van der Waals surface area contributed by atoms with E-state index in [4.69, 9.17) is 11.6 Å². The Kier molecular flexibility index (Phi) is 3.62. The summed E-state index contributed by atoms with van der Waals surface area (Å²) in [7, 11) is 3.08. The Labute approximate surface area is 115 Å². The number of fused-ring (bicyclic) bond motifs is 1. The summed E-state index contributed by atoms with van der Waals surface area (Å²) in [5.41, 5.74) is 2.18. The first-order valence-corrected chi connectivity index (χ1v) is 6.22. The van der Waals surface area contributed by atoms with Gasteiger partial charge < -0.3 is 9.30 Å². The quantitative estimate of drug-likeness (QED) is 0.375. The molecule has 0 aliphatic carbocycles. The molecular formula is C14H14ClNO3. The second-order valence-corrected chi connectivity index (χ2v) is 4.72. The lowest BCUT2D eigenvalue weighted by atomic mass is 10.0. The molecule has 19 heavy (non-hydrogen) atoms. The number of aromatic nitrogens is 1. The van der Waals surface area contributed by atoms with Crippen LogP contribution in [-0.4, -0.2) is 28.8 Å². The maximum absolute atomic E-state index is 12.3. The summed E-state index contributed by atoms with van der Waals surface area (Å²) in [6.45, 7) is 1.83. The second-order valence-electron chi connectivity index (χ2n) is 4.29. The minimum absolute atomic E-state index is 0.428. The van der Waals surface area contributed by atoms with Crippen molar-refractivity contribution >= 4 is 34.3 Å². The number of halogens is 1. The minimum atomic E-state index is -1.31. The van der Waals surface area contributed by atoms with Gasteiger partial charge in [-0.25, -0.2) is 4.79 Å². The summed E-state index contributed by atoms with van der Waals surface area (Å²) in [6, 6.07) is 7.51. The van der Waals surface area contributed by atoms with Crippen LogP contribution in [0, 0.1) is 6.92 Å². The van der Waals surface area contributed by atoms with Gasteiger partial charge in [0.15, 0.2) is 11.2 Å². The van der Waals surface area contributed by atoms with Gasteiger partial charge in [0.05, 0.1) is 7.11 Å². The smallest absolute Gasteiger partial charge is 0.331 e. The monoisotopic (exact) mass is 279 g/mol. The number of Topliss-reactive ketones (excluding diaryl/α,β-unsaturated/α-hetero) is 1. The van der Waals surface area contributed by atoms with E-state index in [1.165, 1.54) is 7.11 Å². The van der Waals surface area contributed by atoms with Gasteiger partial charge in [-0.1, -0.05) is 18.2 Å². The van der Waals surface area contributed by atoms with Crippen molar-refractivity contribution in [2.24, 2.45) is 7.05 Å². The molecule has 0 saturated carbocycles. The van der Waals surface area contributed by atoms with Crippen molar-refractivity contribution in [1.82, 2.24) is 4.57 Å². The molecular weight excluding hydrogens is 266 g/mol. The summed E-state index contributed by atoms with van der Waals surface area (Å²) < 4.78 is 6.42. The van der Waals surface area contributed by atoms with Gasteiger partial charge in [0, 0.05) is 29.2 Å². The van der Waals surface area contributed by atoms with Crippen LogP contribution in [0.25, 0.3) is 10.9 Å². The van der Waals surface area contributed by atoms with Crippen LogP contribution in [0.5, 0.6) is 0 Å². The van der Waals surface area contributed by atoms with Gasteiger partial charge in [-0.15, -0.1) is 11.6 Å². The van der Waals surface area contributed by atoms with Crippen molar-refractivity contribution in [3.05, 3.63) is 35.5 Å². The lowest BCUT2D eigenvalue weighted by Gasteiger charge is -2.07. The van der Waals surface area contributed by atoms with E-state index in [1.807, 2.05) is 42.8 Å². The molecule has 1 aromatic carbocycles. The molecule has 5 heteroatoms. The molecule has 1 aromatic heterocycles. The number of rotatable bonds is 3. The predicted molar refractivity (Wildman–Crippen MR) is 73.6 cm³/mol. The fourth-order valence-electron chi connectivity index (χ4n) is 2.17. The number of para-hydroxylation sites is 1. The molecule has 2 rings (SSSR count). The Morgan fingerprint density at radius 3 is 2.58 bits per heavy atom. The molecule has 0 radical (unpaired) electrons. The van der Waals surface area contributed by atoms with E-state index in [-0.39, 0.29) is 0 Å². The molecule has 0 N–H and O–H groups in total. The third-order valence-corrected chi connectivity index (χ3v) is 3.66. The van der Waals surface area contributed by atoms with Crippen LogP contribution < -0.4 is 0 Å². The highest BCUT2D eigenvalue weighted by Crippen LogP contribution is 2.27. The first kappa shape index (κ1) is 13.6. The fraction of sp³-hybridized carbons (Fsp3) is 0.286. The number of ether oxygens (including phenoxy) is 1. The molecule has 4 nitrogen and oxygen atoms in total. The number of methoxy groups -OCH3 is 1. The Morgan fingerprint density at radius 1 is 1.32 bits per heavy atom. The summed E-state index contributed by atoms with van der Waals surface area (Å²) in [5, 5.41) is -0.517. The van der Waals surface area contributed by atoms with E-state index < -0.39 is 17.1 Å². The predicted octanol–water partition coefficient (Wildman–Crippen LogP) is 2.45. The van der Waals surface area contributed by atoms with Gasteiger partial charge in [-0.05, 0) is 13.0 Å². The van der Waals surface area contributed by atoms with Crippen molar-refractivity contribution in [3.8, 4) is 0 Å². The third-order valence-electron chi connectivity index (χ3n) is 3.28. The molecule has 2 aromatic rings. The zero-order valence-corrected chi connectivity index (χ0v) is 11.7. The van der Waals surface area contributed by atoms with Crippen LogP contribution in [0.3, 0.4) is 0 Å². The average Bonchev–Trinajstić information content (AvgIpc) is 2.69. The summed E-state index contributed by atoms with van der Waals surface area (Å²) in [4.78, 5) is 23.7. The molecule has 0 aliphatic rings. The van der Waals surface area contributed by atoms with E-state index in [2.05, 4.69) is 4.74 Å². The van der Waals surface area contributed by atoms with E-state index in [1.54, 1.807) is 0 Å². The molecule has 100 valence electrons. The largest absolute Gasteiger partial charge is 0.468 e. The van der Waals surface area contributed by atoms with E-state index in [9.17, 15) is 9.59 Å². The molecule has 0 aliphatic heterocycles. The second kappa shape index (κ2) is 5.05. The number of carbonyl (C=O) groups is 2. The molecule has 1 heterocycles. The highest BCUT2D eigenvalue weighted by atomic mass is 35.5. The molecule has 0 amide bonds. The van der Waals surface area contributed by atoms with Crippen LogP contribution >= 0.6 is 11.6 Å². The zero-order valence-electron chi connectivity index (χ0n) is 10.9. The van der Waals surface area contributed by atoms with Gasteiger partial charge in [-0.3, -0.25) is 4.79 Å². The highest BCUT2D eigenvalue weighted by molar-refractivity contribution is 6.44. The average molecular weight is 280 g/mol. The van der Waals surface area contributed by atoms with Crippen LogP contribution in [0.1, 0.15) is 16.1 Å². The maximum Gasteiger partial charge on any atom is 0.331 e. The summed E-state index contributed by atoms with van der Waals surface area (Å²) >= 11 is 5.86. The number of ketones is 1. The fourth-order valence-corrected chi connectivity index (χ4v) is 2.37. The Hall–Kier alpha value is -1.81. The standard InChI is InChI=1S/C14H14ClNO3/c1-8-11(13(17)12(15)14(18)19-3)9-6-4-5-7-10(9)16(8)2/h4-7,12H,1-3H3. The van der Waals surface area contributed by atoms with Crippen LogP contribution in [-0.2, 0) is 16.6 Å². The van der Waals surface area contributed by atoms with Crippen molar-refractivity contribution in [3.63, 3.8) is 0 Å². The van der Waals surface area contributed by atoms with Crippen molar-refractivity contribution in [2.45, 2.75) is 12.3 Å². The Bertz CT molecular complexity index is 660. The van der Waals surface area contributed by atoms with Gasteiger partial charge in [0.1, 0.15) is 0 Å². The Morgan fingerprint density at radius 2 is 1.95 bits per heavy atom. The minimum Gasteiger partial charge on any atom is -0.468 e. The first-order valence-electron chi connectivity index (χ1n) is 5.79. The van der Waals surface area contributed by atoms with Crippen molar-refractivity contribution < 1.29 is 14.3 Å². The highest BCUT2D eigenvalue weighted by Gasteiger charge is 2.30. The van der Waals surface area contributed by atoms with Crippen LogP contribution in [0.4, 0.5) is 0 Å². The van der Waals surface area contributed by atoms with Crippen molar-refractivity contribution in [1.29, 1.82) is 0 Å². The van der Waals surface area contributed by atoms with Gasteiger partial charge >= 0.3 is 5.97 Å². The third kappa shape index (κ3) is 2.12. The number of carbonyl (C=O) groups excluding carboxylic acids is 2. The number of aryl methyl sites for hydroxylation is 1. The van der Waals surface area contributed by atoms with E-state index >= 15 is 0 Å². The molecule has 0 fully saturated rings. The number of benzene rings is 1. The zero-order chi connectivity index (χ0) is 14.2. The van der Waals surface area contributed by atoms with E-state index in [0.29, 0.717) is 5.56 Å². The SMILES string of the molecule is COC(=O)C(Cl)C(=O)c1c(C)n(C)c2ccccc12. The summed E-state index contributed by atoms with van der Waals surface area (Å²) in [6.07, 6.45) is 0. The maximum atomic E-state index is 12.3. The molecule has 0 bridgehead atoms. The molecule has 0 saturated heterocycles. The normalized spacial score (nSPS) is 12.4. The molecule has 1 unspecified atom stereocenters. The van der Waals surface area contributed by atoms with E-state index in [0.717, 1.165) is 16.6 Å². The molecule has 1 atom stereocenters. The Balaban J connectivity index is 2.60. The summed E-state index contributed by atoms with van der Waals surface area (Å²) in [5.74, 6) is -1.16. The number of alkyl halides is 1. The lowest BCUT2D eigenvalue weighted by Crippen LogP contribution is -2.26. The first-order chi connectivity index (χ1) is 8.99. The van der Waals surface area contributed by atoms with Gasteiger partial charge in [0.25, 0.3) is 0 Å². The topological polar surface area (TPSA) is 48.3 Å². The number of nitrogens with zero attached hydrogens (tertiary/aromatic N) is 1. The van der Waals surface area contributed by atoms with Gasteiger partial charge in [0.2, 0.25) is 0 Å². The van der Waals surface area contributed by atoms with Gasteiger partial charge in [-0.2, -0.15) is 0 Å². The van der Waals surface area contributed by atoms with Crippen LogP contribution in [0.15, 0.2) is 24.3 Å². The number of esters is 1. The number of hydrogen-bond acceptors (Lipinski definition) is 3. The molecule has 0 spiro atoms.